The average molecular weight is 487 g/mol. The Morgan fingerprint density at radius 2 is 2.00 bits per heavy atom. The van der Waals surface area contributed by atoms with Crippen LogP contribution in [0.2, 0.25) is 5.02 Å². The van der Waals surface area contributed by atoms with Gasteiger partial charge >= 0.3 is 0 Å². The summed E-state index contributed by atoms with van der Waals surface area (Å²) < 4.78 is 17.6. The minimum absolute atomic E-state index is 0.137. The van der Waals surface area contributed by atoms with Gasteiger partial charge in [0.1, 0.15) is 0 Å². The fourth-order valence-corrected chi connectivity index (χ4v) is 4.06. The third kappa shape index (κ3) is 4.43. The van der Waals surface area contributed by atoms with Crippen LogP contribution in [0.25, 0.3) is 11.3 Å². The summed E-state index contributed by atoms with van der Waals surface area (Å²) in [7, 11) is 1.57. The van der Waals surface area contributed by atoms with Crippen molar-refractivity contribution in [3.8, 4) is 28.6 Å². The van der Waals surface area contributed by atoms with Crippen molar-refractivity contribution in [1.82, 2.24) is 15.2 Å². The summed E-state index contributed by atoms with van der Waals surface area (Å²) in [6.45, 7) is 4.20. The SMILES string of the molecule is CCOc1ccc([C@@H]2Oc3nc(SC)nnc3-c3cc(Cl)ccc3N2C(=O)CC)cc1OC. The Labute approximate surface area is 201 Å². The van der Waals surface area contributed by atoms with Gasteiger partial charge in [0.2, 0.25) is 23.2 Å². The fourth-order valence-electron chi connectivity index (χ4n) is 3.59. The van der Waals surface area contributed by atoms with Crippen molar-refractivity contribution in [1.29, 1.82) is 0 Å². The molecule has 0 saturated heterocycles. The summed E-state index contributed by atoms with van der Waals surface area (Å²) in [5, 5.41) is 9.47. The van der Waals surface area contributed by atoms with Gasteiger partial charge in [-0.15, -0.1) is 10.2 Å². The topological polar surface area (TPSA) is 86.7 Å². The van der Waals surface area contributed by atoms with Crippen LogP contribution in [0.5, 0.6) is 17.4 Å². The summed E-state index contributed by atoms with van der Waals surface area (Å²) in [6.07, 6.45) is 1.29. The number of amides is 1. The highest BCUT2D eigenvalue weighted by atomic mass is 35.5. The number of carbonyl (C=O) groups is 1. The van der Waals surface area contributed by atoms with Gasteiger partial charge in [-0.05, 0) is 49.6 Å². The molecule has 1 aliphatic heterocycles. The van der Waals surface area contributed by atoms with Crippen LogP contribution in [-0.2, 0) is 4.79 Å². The van der Waals surface area contributed by atoms with Crippen molar-refractivity contribution < 1.29 is 19.0 Å². The number of benzene rings is 2. The number of rotatable bonds is 6. The maximum absolute atomic E-state index is 13.2. The minimum atomic E-state index is -0.824. The number of halogens is 1. The van der Waals surface area contributed by atoms with E-state index in [9.17, 15) is 4.79 Å². The molecule has 2 heterocycles. The molecule has 0 saturated carbocycles. The lowest BCUT2D eigenvalue weighted by Crippen LogP contribution is -2.37. The Hall–Kier alpha value is -3.04. The second kappa shape index (κ2) is 9.84. The molecule has 172 valence electrons. The monoisotopic (exact) mass is 486 g/mol. The lowest BCUT2D eigenvalue weighted by molar-refractivity contribution is -0.120. The molecule has 3 aromatic rings. The van der Waals surface area contributed by atoms with Crippen molar-refractivity contribution in [2.45, 2.75) is 31.7 Å². The molecular formula is C23H23ClN4O4S. The van der Waals surface area contributed by atoms with E-state index in [1.54, 1.807) is 49.3 Å². The zero-order chi connectivity index (χ0) is 23.5. The maximum Gasteiger partial charge on any atom is 0.247 e. The molecule has 0 N–H and O–H groups in total. The predicted octanol–water partition coefficient (Wildman–Crippen LogP) is 5.16. The molecule has 1 amide bonds. The highest BCUT2D eigenvalue weighted by Crippen LogP contribution is 2.45. The van der Waals surface area contributed by atoms with Gasteiger partial charge in [0, 0.05) is 22.6 Å². The number of hydrogen-bond donors (Lipinski definition) is 0. The van der Waals surface area contributed by atoms with E-state index in [0.717, 1.165) is 0 Å². The highest BCUT2D eigenvalue weighted by molar-refractivity contribution is 7.98. The Morgan fingerprint density at radius 1 is 1.18 bits per heavy atom. The summed E-state index contributed by atoms with van der Waals surface area (Å²) in [5.74, 6) is 1.27. The quantitative estimate of drug-likeness (QED) is 0.442. The Balaban J connectivity index is 1.95. The van der Waals surface area contributed by atoms with E-state index in [-0.39, 0.29) is 18.2 Å². The Morgan fingerprint density at radius 3 is 2.70 bits per heavy atom. The smallest absolute Gasteiger partial charge is 0.247 e. The van der Waals surface area contributed by atoms with Crippen LogP contribution in [0.4, 0.5) is 5.69 Å². The van der Waals surface area contributed by atoms with Gasteiger partial charge in [-0.3, -0.25) is 9.69 Å². The van der Waals surface area contributed by atoms with E-state index in [0.29, 0.717) is 50.8 Å². The number of carbonyl (C=O) groups excluding carboxylic acids is 1. The van der Waals surface area contributed by atoms with E-state index in [2.05, 4.69) is 15.2 Å². The van der Waals surface area contributed by atoms with Gasteiger partial charge in [-0.2, -0.15) is 4.98 Å². The van der Waals surface area contributed by atoms with Crippen molar-refractivity contribution in [3.63, 3.8) is 0 Å². The van der Waals surface area contributed by atoms with E-state index >= 15 is 0 Å². The molecule has 1 aromatic heterocycles. The third-order valence-electron chi connectivity index (χ3n) is 5.09. The summed E-state index contributed by atoms with van der Waals surface area (Å²) >= 11 is 7.66. The molecule has 0 bridgehead atoms. The van der Waals surface area contributed by atoms with Crippen LogP contribution in [0.15, 0.2) is 41.6 Å². The molecule has 0 radical (unpaired) electrons. The molecule has 0 spiro atoms. The van der Waals surface area contributed by atoms with Crippen LogP contribution >= 0.6 is 23.4 Å². The van der Waals surface area contributed by atoms with Gasteiger partial charge in [0.25, 0.3) is 0 Å². The summed E-state index contributed by atoms with van der Waals surface area (Å²) in [4.78, 5) is 19.4. The first-order valence-corrected chi connectivity index (χ1v) is 12.0. The standard InChI is InChI=1S/C23H23ClN4O4S/c1-5-19(29)28-16-9-8-14(24)12-15(16)20-21(25-23(33-4)27-26-20)32-22(28)13-7-10-17(31-6-2)18(11-13)30-3/h7-12,22H,5-6H2,1-4H3/t22-/m0/s1. The molecule has 1 aliphatic rings. The number of ether oxygens (including phenoxy) is 3. The first kappa shape index (κ1) is 23.1. The highest BCUT2D eigenvalue weighted by Gasteiger charge is 2.36. The van der Waals surface area contributed by atoms with Crippen LogP contribution in [0.3, 0.4) is 0 Å². The fraction of sp³-hybridized carbons (Fsp3) is 0.304. The maximum atomic E-state index is 13.2. The van der Waals surface area contributed by atoms with Crippen LogP contribution < -0.4 is 19.1 Å². The molecule has 4 rings (SSSR count). The third-order valence-corrected chi connectivity index (χ3v) is 5.87. The molecule has 1 atom stereocenters. The number of methoxy groups -OCH3 is 1. The lowest BCUT2D eigenvalue weighted by Gasteiger charge is -2.31. The molecular weight excluding hydrogens is 464 g/mol. The first-order chi connectivity index (χ1) is 16.0. The van der Waals surface area contributed by atoms with E-state index < -0.39 is 6.23 Å². The van der Waals surface area contributed by atoms with Crippen LogP contribution in [-0.4, -0.2) is 41.1 Å². The van der Waals surface area contributed by atoms with Crippen molar-refractivity contribution in [2.75, 3.05) is 24.9 Å². The molecule has 2 aromatic carbocycles. The van der Waals surface area contributed by atoms with Crippen LogP contribution in [0, 0.1) is 0 Å². The van der Waals surface area contributed by atoms with Gasteiger partial charge in [-0.25, -0.2) is 0 Å². The Kier molecular flexibility index (Phi) is 6.90. The van der Waals surface area contributed by atoms with Crippen molar-refractivity contribution in [3.05, 3.63) is 47.0 Å². The number of hydrogen-bond acceptors (Lipinski definition) is 8. The molecule has 0 fully saturated rings. The number of nitrogens with zero attached hydrogens (tertiary/aromatic N) is 4. The lowest BCUT2D eigenvalue weighted by atomic mass is 10.1. The van der Waals surface area contributed by atoms with E-state index in [1.807, 2.05) is 19.2 Å². The molecule has 0 aliphatic carbocycles. The molecule has 8 nitrogen and oxygen atoms in total. The predicted molar refractivity (Wildman–Crippen MR) is 127 cm³/mol. The average Bonchev–Trinajstić information content (AvgIpc) is 2.97. The second-order valence-electron chi connectivity index (χ2n) is 7.04. The number of fused-ring (bicyclic) bond motifs is 3. The van der Waals surface area contributed by atoms with Crippen molar-refractivity contribution in [2.24, 2.45) is 0 Å². The largest absolute Gasteiger partial charge is 0.493 e. The molecule has 33 heavy (non-hydrogen) atoms. The van der Waals surface area contributed by atoms with E-state index in [1.165, 1.54) is 11.8 Å². The summed E-state index contributed by atoms with van der Waals surface area (Å²) in [5.41, 5.74) is 2.33. The summed E-state index contributed by atoms with van der Waals surface area (Å²) in [6, 6.07) is 10.7. The normalized spacial score (nSPS) is 14.6. The van der Waals surface area contributed by atoms with Gasteiger partial charge in [0.15, 0.2) is 17.2 Å². The number of aromatic nitrogens is 3. The Bertz CT molecular complexity index is 1190. The second-order valence-corrected chi connectivity index (χ2v) is 8.25. The van der Waals surface area contributed by atoms with Gasteiger partial charge in [-0.1, -0.05) is 30.3 Å². The zero-order valence-electron chi connectivity index (χ0n) is 18.7. The first-order valence-electron chi connectivity index (χ1n) is 10.4. The van der Waals surface area contributed by atoms with Crippen molar-refractivity contribution >= 4 is 35.0 Å². The molecule has 0 unspecified atom stereocenters. The zero-order valence-corrected chi connectivity index (χ0v) is 20.2. The number of anilines is 1. The van der Waals surface area contributed by atoms with Gasteiger partial charge < -0.3 is 14.2 Å². The molecule has 10 heteroatoms. The minimum Gasteiger partial charge on any atom is -0.493 e. The van der Waals surface area contributed by atoms with Gasteiger partial charge in [0.05, 0.1) is 19.4 Å². The van der Waals surface area contributed by atoms with E-state index in [4.69, 9.17) is 25.8 Å². The number of thioether (sulfide) groups is 1. The van der Waals surface area contributed by atoms with Crippen LogP contribution in [0.1, 0.15) is 32.1 Å².